The Labute approximate surface area is 85.1 Å². The number of carbonyl (C=O) groups is 1. The molecule has 1 nitrogen and oxygen atoms in total. The van der Waals surface area contributed by atoms with Crippen LogP contribution < -0.4 is 0 Å². The number of ketones is 1. The van der Waals surface area contributed by atoms with Gasteiger partial charge >= 0.3 is 0 Å². The van der Waals surface area contributed by atoms with Gasteiger partial charge in [0, 0.05) is 12.8 Å². The molecule has 0 aromatic heterocycles. The van der Waals surface area contributed by atoms with Gasteiger partial charge in [-0.25, -0.2) is 0 Å². The summed E-state index contributed by atoms with van der Waals surface area (Å²) in [5, 5.41) is 0. The minimum Gasteiger partial charge on any atom is -0.299 e. The molecule has 1 aromatic carbocycles. The third-order valence-corrected chi connectivity index (χ3v) is 2.74. The molecular formula is C13H16O. The molecule has 0 unspecified atom stereocenters. The highest BCUT2D eigenvalue weighted by atomic mass is 16.1. The molecule has 1 aliphatic carbocycles. The van der Waals surface area contributed by atoms with Crippen LogP contribution >= 0.6 is 0 Å². The number of rotatable bonds is 4. The van der Waals surface area contributed by atoms with E-state index in [9.17, 15) is 4.79 Å². The van der Waals surface area contributed by atoms with Crippen LogP contribution in [0.2, 0.25) is 0 Å². The molecule has 1 aromatic rings. The van der Waals surface area contributed by atoms with Crippen LogP contribution in [0.3, 0.4) is 0 Å². The molecule has 0 spiro atoms. The summed E-state index contributed by atoms with van der Waals surface area (Å²) in [6, 6.07) is 8.25. The first-order valence-electron chi connectivity index (χ1n) is 5.31. The zero-order valence-electron chi connectivity index (χ0n) is 8.62. The zero-order valence-corrected chi connectivity index (χ0v) is 8.62. The van der Waals surface area contributed by atoms with Crippen LogP contribution in [0.5, 0.6) is 0 Å². The van der Waals surface area contributed by atoms with Gasteiger partial charge in [-0.2, -0.15) is 0 Å². The second-order valence-electron chi connectivity index (χ2n) is 4.35. The molecule has 2 rings (SSSR count). The van der Waals surface area contributed by atoms with Gasteiger partial charge in [0.05, 0.1) is 0 Å². The molecule has 0 heterocycles. The number of Topliss-reactive ketones (excluding diaryl/α,β-unsaturated/α-hetero) is 1. The zero-order chi connectivity index (χ0) is 9.97. The van der Waals surface area contributed by atoms with Crippen molar-refractivity contribution in [2.75, 3.05) is 0 Å². The average Bonchev–Trinajstić information content (AvgIpc) is 2.93. The van der Waals surface area contributed by atoms with E-state index >= 15 is 0 Å². The SMILES string of the molecule is Cc1ccc(CC(=O)CC2CC2)cc1. The number of aryl methyl sites for hydroxylation is 1. The third-order valence-electron chi connectivity index (χ3n) is 2.74. The normalized spacial score (nSPS) is 15.5. The Kier molecular flexibility index (Phi) is 2.67. The van der Waals surface area contributed by atoms with E-state index in [0.29, 0.717) is 18.1 Å². The minimum atomic E-state index is 0.399. The Balaban J connectivity index is 1.89. The molecule has 1 heteroatoms. The van der Waals surface area contributed by atoms with E-state index in [1.807, 2.05) is 0 Å². The number of benzene rings is 1. The Hall–Kier alpha value is -1.11. The molecule has 0 N–H and O–H groups in total. The molecule has 0 radical (unpaired) electrons. The van der Waals surface area contributed by atoms with Crippen molar-refractivity contribution in [3.63, 3.8) is 0 Å². The monoisotopic (exact) mass is 188 g/mol. The summed E-state index contributed by atoms with van der Waals surface area (Å²) in [6.07, 6.45) is 3.95. The third kappa shape index (κ3) is 2.69. The quantitative estimate of drug-likeness (QED) is 0.710. The van der Waals surface area contributed by atoms with Crippen LogP contribution in [-0.2, 0) is 11.2 Å². The highest BCUT2D eigenvalue weighted by molar-refractivity contribution is 5.81. The summed E-state index contributed by atoms with van der Waals surface area (Å²) >= 11 is 0. The molecule has 0 atom stereocenters. The molecule has 1 fully saturated rings. The first-order valence-corrected chi connectivity index (χ1v) is 5.31. The van der Waals surface area contributed by atoms with Crippen molar-refractivity contribution < 1.29 is 4.79 Å². The fraction of sp³-hybridized carbons (Fsp3) is 0.462. The maximum atomic E-state index is 11.5. The van der Waals surface area contributed by atoms with Crippen LogP contribution in [0, 0.1) is 12.8 Å². The molecule has 1 saturated carbocycles. The van der Waals surface area contributed by atoms with Crippen molar-refractivity contribution in [3.8, 4) is 0 Å². The van der Waals surface area contributed by atoms with Crippen molar-refractivity contribution >= 4 is 5.78 Å². The Morgan fingerprint density at radius 3 is 2.50 bits per heavy atom. The van der Waals surface area contributed by atoms with Crippen LogP contribution in [0.1, 0.15) is 30.4 Å². The van der Waals surface area contributed by atoms with Gasteiger partial charge in [-0.05, 0) is 31.2 Å². The average molecular weight is 188 g/mol. The lowest BCUT2D eigenvalue weighted by Gasteiger charge is -2.00. The lowest BCUT2D eigenvalue weighted by molar-refractivity contribution is -0.118. The molecule has 1 aliphatic rings. The smallest absolute Gasteiger partial charge is 0.137 e. The lowest BCUT2D eigenvalue weighted by atomic mass is 10.0. The maximum absolute atomic E-state index is 11.5. The minimum absolute atomic E-state index is 0.399. The van der Waals surface area contributed by atoms with Gasteiger partial charge in [0.25, 0.3) is 0 Å². The topological polar surface area (TPSA) is 17.1 Å². The van der Waals surface area contributed by atoms with Crippen molar-refractivity contribution in [2.45, 2.75) is 32.6 Å². The summed E-state index contributed by atoms with van der Waals surface area (Å²) in [7, 11) is 0. The molecule has 0 amide bonds. The number of hydrogen-bond acceptors (Lipinski definition) is 1. The van der Waals surface area contributed by atoms with Crippen LogP contribution in [0.4, 0.5) is 0 Å². The lowest BCUT2D eigenvalue weighted by Crippen LogP contribution is -2.03. The Morgan fingerprint density at radius 1 is 1.29 bits per heavy atom. The fourth-order valence-corrected chi connectivity index (χ4v) is 1.65. The van der Waals surface area contributed by atoms with E-state index in [-0.39, 0.29) is 0 Å². The van der Waals surface area contributed by atoms with Gasteiger partial charge in [-0.1, -0.05) is 29.8 Å². The largest absolute Gasteiger partial charge is 0.299 e. The van der Waals surface area contributed by atoms with E-state index in [1.54, 1.807) is 0 Å². The number of carbonyl (C=O) groups excluding carboxylic acids is 1. The van der Waals surface area contributed by atoms with Gasteiger partial charge in [0.15, 0.2) is 0 Å². The van der Waals surface area contributed by atoms with E-state index in [2.05, 4.69) is 31.2 Å². The van der Waals surface area contributed by atoms with E-state index in [4.69, 9.17) is 0 Å². The highest BCUT2D eigenvalue weighted by Gasteiger charge is 2.23. The van der Waals surface area contributed by atoms with E-state index in [0.717, 1.165) is 12.0 Å². The fourth-order valence-electron chi connectivity index (χ4n) is 1.65. The van der Waals surface area contributed by atoms with E-state index < -0.39 is 0 Å². The van der Waals surface area contributed by atoms with Crippen molar-refractivity contribution in [1.29, 1.82) is 0 Å². The van der Waals surface area contributed by atoms with Crippen molar-refractivity contribution in [1.82, 2.24) is 0 Å². The molecule has 0 aliphatic heterocycles. The Bertz CT molecular complexity index is 320. The Morgan fingerprint density at radius 2 is 1.93 bits per heavy atom. The summed E-state index contributed by atoms with van der Waals surface area (Å²) in [6.45, 7) is 2.07. The van der Waals surface area contributed by atoms with Crippen molar-refractivity contribution in [2.24, 2.45) is 5.92 Å². The molecule has 0 bridgehead atoms. The summed E-state index contributed by atoms with van der Waals surface area (Å²) in [5.41, 5.74) is 2.41. The van der Waals surface area contributed by atoms with E-state index in [1.165, 1.54) is 18.4 Å². The summed E-state index contributed by atoms with van der Waals surface area (Å²) in [5.74, 6) is 1.12. The molecule has 14 heavy (non-hydrogen) atoms. The molecule has 74 valence electrons. The van der Waals surface area contributed by atoms with Gasteiger partial charge in [0.1, 0.15) is 5.78 Å². The first-order chi connectivity index (χ1) is 6.74. The highest BCUT2D eigenvalue weighted by Crippen LogP contribution is 2.32. The molecule has 0 saturated heterocycles. The van der Waals surface area contributed by atoms with Crippen molar-refractivity contribution in [3.05, 3.63) is 35.4 Å². The first kappa shape index (κ1) is 9.45. The van der Waals surface area contributed by atoms with Gasteiger partial charge in [-0.3, -0.25) is 4.79 Å². The maximum Gasteiger partial charge on any atom is 0.137 e. The summed E-state index contributed by atoms with van der Waals surface area (Å²) < 4.78 is 0. The van der Waals surface area contributed by atoms with Crippen LogP contribution in [0.25, 0.3) is 0 Å². The predicted octanol–water partition coefficient (Wildman–Crippen LogP) is 2.91. The van der Waals surface area contributed by atoms with Crippen LogP contribution in [-0.4, -0.2) is 5.78 Å². The predicted molar refractivity (Wildman–Crippen MR) is 57.2 cm³/mol. The number of hydrogen-bond donors (Lipinski definition) is 0. The second-order valence-corrected chi connectivity index (χ2v) is 4.35. The molecular weight excluding hydrogens is 172 g/mol. The van der Waals surface area contributed by atoms with Crippen LogP contribution in [0.15, 0.2) is 24.3 Å². The summed E-state index contributed by atoms with van der Waals surface area (Å²) in [4.78, 5) is 11.5. The standard InChI is InChI=1S/C13H16O/c1-10-2-4-11(5-3-10)8-13(14)9-12-6-7-12/h2-5,12H,6-9H2,1H3. The second kappa shape index (κ2) is 3.95. The van der Waals surface area contributed by atoms with Gasteiger partial charge in [-0.15, -0.1) is 0 Å². The van der Waals surface area contributed by atoms with Gasteiger partial charge in [0.2, 0.25) is 0 Å². The van der Waals surface area contributed by atoms with Gasteiger partial charge < -0.3 is 0 Å².